The summed E-state index contributed by atoms with van der Waals surface area (Å²) in [4.78, 5) is 13.0. The van der Waals surface area contributed by atoms with Crippen molar-refractivity contribution < 1.29 is 14.3 Å². The Kier molecular flexibility index (Phi) is 4.26. The van der Waals surface area contributed by atoms with Crippen molar-refractivity contribution in [1.29, 1.82) is 0 Å². The second-order valence-electron chi connectivity index (χ2n) is 3.63. The summed E-state index contributed by atoms with van der Waals surface area (Å²) in [6.07, 6.45) is -0.667. The fourth-order valence-electron chi connectivity index (χ4n) is 1.37. The highest BCUT2D eigenvalue weighted by molar-refractivity contribution is 6.33. The molecule has 0 fully saturated rings. The Labute approximate surface area is 98.4 Å². The maximum atomic E-state index is 13.4. The SMILES string of the molecule is CC(O)CN(C)C(=O)c1c(F)cccc1Cl. The van der Waals surface area contributed by atoms with Gasteiger partial charge in [0.25, 0.3) is 5.91 Å². The molecule has 16 heavy (non-hydrogen) atoms. The van der Waals surface area contributed by atoms with E-state index >= 15 is 0 Å². The van der Waals surface area contributed by atoms with Gasteiger partial charge in [-0.15, -0.1) is 0 Å². The standard InChI is InChI=1S/C11H13ClFNO2/c1-7(15)6-14(2)11(16)10-8(12)4-3-5-9(10)13/h3-5,7,15H,6H2,1-2H3. The molecule has 0 heterocycles. The normalized spacial score (nSPS) is 12.3. The second kappa shape index (κ2) is 5.27. The van der Waals surface area contributed by atoms with Gasteiger partial charge in [0.15, 0.2) is 0 Å². The summed E-state index contributed by atoms with van der Waals surface area (Å²) in [5.74, 6) is -1.20. The molecule has 0 aliphatic carbocycles. The number of aliphatic hydroxyl groups is 1. The molecule has 1 rings (SSSR count). The van der Waals surface area contributed by atoms with Gasteiger partial charge in [-0.05, 0) is 19.1 Å². The van der Waals surface area contributed by atoms with Crippen LogP contribution in [0, 0.1) is 5.82 Å². The van der Waals surface area contributed by atoms with Crippen molar-refractivity contribution in [3.8, 4) is 0 Å². The lowest BCUT2D eigenvalue weighted by Gasteiger charge is -2.19. The number of nitrogens with zero attached hydrogens (tertiary/aromatic N) is 1. The summed E-state index contributed by atoms with van der Waals surface area (Å²) in [5, 5.41) is 9.21. The van der Waals surface area contributed by atoms with E-state index in [2.05, 4.69) is 0 Å². The Morgan fingerprint density at radius 1 is 1.62 bits per heavy atom. The first kappa shape index (κ1) is 12.9. The van der Waals surface area contributed by atoms with Gasteiger partial charge in [0.2, 0.25) is 0 Å². The van der Waals surface area contributed by atoms with Crippen molar-refractivity contribution in [3.63, 3.8) is 0 Å². The summed E-state index contributed by atoms with van der Waals surface area (Å²) < 4.78 is 13.4. The van der Waals surface area contributed by atoms with E-state index in [0.29, 0.717) is 0 Å². The number of hydrogen-bond donors (Lipinski definition) is 1. The molecule has 1 amide bonds. The molecular formula is C11H13ClFNO2. The first-order chi connectivity index (χ1) is 7.43. The molecule has 0 saturated carbocycles. The molecule has 88 valence electrons. The molecule has 1 unspecified atom stereocenters. The van der Waals surface area contributed by atoms with E-state index in [9.17, 15) is 9.18 Å². The van der Waals surface area contributed by atoms with Gasteiger partial charge < -0.3 is 10.0 Å². The van der Waals surface area contributed by atoms with E-state index in [1.807, 2.05) is 0 Å². The van der Waals surface area contributed by atoms with Gasteiger partial charge in [0.1, 0.15) is 5.82 Å². The van der Waals surface area contributed by atoms with Crippen LogP contribution in [0.1, 0.15) is 17.3 Å². The minimum absolute atomic E-state index is 0.0717. The molecule has 3 nitrogen and oxygen atoms in total. The Morgan fingerprint density at radius 2 is 2.25 bits per heavy atom. The monoisotopic (exact) mass is 245 g/mol. The Bertz CT molecular complexity index is 375. The summed E-state index contributed by atoms with van der Waals surface area (Å²) in [7, 11) is 1.48. The predicted molar refractivity (Wildman–Crippen MR) is 60.1 cm³/mol. The van der Waals surface area contributed by atoms with Crippen molar-refractivity contribution in [3.05, 3.63) is 34.6 Å². The number of halogens is 2. The van der Waals surface area contributed by atoms with Crippen LogP contribution in [0.4, 0.5) is 4.39 Å². The fourth-order valence-corrected chi connectivity index (χ4v) is 1.62. The van der Waals surface area contributed by atoms with E-state index in [-0.39, 0.29) is 17.1 Å². The minimum atomic E-state index is -0.667. The molecule has 0 aliphatic heterocycles. The van der Waals surface area contributed by atoms with Crippen molar-refractivity contribution in [2.75, 3.05) is 13.6 Å². The number of likely N-dealkylation sites (N-methyl/N-ethyl adjacent to an activating group) is 1. The predicted octanol–water partition coefficient (Wildman–Crippen LogP) is 1.93. The van der Waals surface area contributed by atoms with E-state index in [1.54, 1.807) is 6.92 Å². The highest BCUT2D eigenvalue weighted by Gasteiger charge is 2.20. The molecule has 0 aliphatic rings. The zero-order chi connectivity index (χ0) is 12.3. The van der Waals surface area contributed by atoms with Crippen LogP contribution in [0.3, 0.4) is 0 Å². The number of rotatable bonds is 3. The van der Waals surface area contributed by atoms with Crippen molar-refractivity contribution in [2.24, 2.45) is 0 Å². The second-order valence-corrected chi connectivity index (χ2v) is 4.04. The first-order valence-corrected chi connectivity index (χ1v) is 5.18. The third-order valence-corrected chi connectivity index (χ3v) is 2.38. The van der Waals surface area contributed by atoms with Crippen LogP contribution in [0.25, 0.3) is 0 Å². The lowest BCUT2D eigenvalue weighted by Crippen LogP contribution is -2.33. The molecule has 0 bridgehead atoms. The van der Waals surface area contributed by atoms with Crippen molar-refractivity contribution >= 4 is 17.5 Å². The Balaban J connectivity index is 2.96. The summed E-state index contributed by atoms with van der Waals surface area (Å²) in [6.45, 7) is 1.68. The Morgan fingerprint density at radius 3 is 2.75 bits per heavy atom. The third kappa shape index (κ3) is 2.93. The summed E-state index contributed by atoms with van der Waals surface area (Å²) >= 11 is 5.76. The van der Waals surface area contributed by atoms with Gasteiger partial charge in [-0.2, -0.15) is 0 Å². The average Bonchev–Trinajstić information content (AvgIpc) is 2.16. The first-order valence-electron chi connectivity index (χ1n) is 4.81. The minimum Gasteiger partial charge on any atom is -0.392 e. The van der Waals surface area contributed by atoms with E-state index in [0.717, 1.165) is 0 Å². The molecule has 0 spiro atoms. The zero-order valence-electron chi connectivity index (χ0n) is 9.08. The Hall–Kier alpha value is -1.13. The summed E-state index contributed by atoms with van der Waals surface area (Å²) in [5.41, 5.74) is -0.160. The zero-order valence-corrected chi connectivity index (χ0v) is 9.83. The van der Waals surface area contributed by atoms with Crippen LogP contribution >= 0.6 is 11.6 Å². The third-order valence-electron chi connectivity index (χ3n) is 2.06. The molecule has 1 aromatic carbocycles. The molecule has 0 aromatic heterocycles. The maximum Gasteiger partial charge on any atom is 0.258 e. The lowest BCUT2D eigenvalue weighted by molar-refractivity contribution is 0.0699. The molecule has 0 saturated heterocycles. The van der Waals surface area contributed by atoms with Gasteiger partial charge in [-0.25, -0.2) is 4.39 Å². The summed E-state index contributed by atoms with van der Waals surface area (Å²) in [6, 6.07) is 4.06. The number of carbonyl (C=O) groups is 1. The highest BCUT2D eigenvalue weighted by Crippen LogP contribution is 2.20. The molecule has 1 N–H and O–H groups in total. The largest absolute Gasteiger partial charge is 0.392 e. The molecular weight excluding hydrogens is 233 g/mol. The van der Waals surface area contributed by atoms with E-state index in [1.165, 1.54) is 30.1 Å². The van der Waals surface area contributed by atoms with Gasteiger partial charge in [0, 0.05) is 13.6 Å². The number of carbonyl (C=O) groups excluding carboxylic acids is 1. The van der Waals surface area contributed by atoms with Crippen molar-refractivity contribution in [2.45, 2.75) is 13.0 Å². The number of aliphatic hydroxyl groups excluding tert-OH is 1. The van der Waals surface area contributed by atoms with Crippen LogP contribution in [0.5, 0.6) is 0 Å². The highest BCUT2D eigenvalue weighted by atomic mass is 35.5. The van der Waals surface area contributed by atoms with Gasteiger partial charge in [0.05, 0.1) is 16.7 Å². The van der Waals surface area contributed by atoms with Crippen LogP contribution < -0.4 is 0 Å². The van der Waals surface area contributed by atoms with Crippen LogP contribution in [-0.2, 0) is 0 Å². The van der Waals surface area contributed by atoms with Crippen LogP contribution in [-0.4, -0.2) is 35.6 Å². The maximum absolute atomic E-state index is 13.4. The van der Waals surface area contributed by atoms with Gasteiger partial charge in [-0.1, -0.05) is 17.7 Å². The van der Waals surface area contributed by atoms with Gasteiger partial charge in [-0.3, -0.25) is 4.79 Å². The molecule has 1 aromatic rings. The average molecular weight is 246 g/mol. The lowest BCUT2D eigenvalue weighted by atomic mass is 10.2. The topological polar surface area (TPSA) is 40.5 Å². The molecule has 0 radical (unpaired) electrons. The van der Waals surface area contributed by atoms with Gasteiger partial charge >= 0.3 is 0 Å². The number of benzene rings is 1. The number of amides is 1. The molecule has 5 heteroatoms. The molecule has 1 atom stereocenters. The fraction of sp³-hybridized carbons (Fsp3) is 0.364. The quantitative estimate of drug-likeness (QED) is 0.884. The van der Waals surface area contributed by atoms with Crippen LogP contribution in [0.15, 0.2) is 18.2 Å². The number of hydrogen-bond acceptors (Lipinski definition) is 2. The van der Waals surface area contributed by atoms with Crippen molar-refractivity contribution in [1.82, 2.24) is 4.90 Å². The van der Waals surface area contributed by atoms with E-state index in [4.69, 9.17) is 16.7 Å². The van der Waals surface area contributed by atoms with E-state index < -0.39 is 17.8 Å². The smallest absolute Gasteiger partial charge is 0.258 e. The van der Waals surface area contributed by atoms with Crippen LogP contribution in [0.2, 0.25) is 5.02 Å².